The summed E-state index contributed by atoms with van der Waals surface area (Å²) in [6.45, 7) is 0.305. The SMILES string of the molecule is O=COn1ccc(Br)n1. The van der Waals surface area contributed by atoms with E-state index < -0.39 is 0 Å². The standard InChI is InChI=1S/C4H3BrN2O2/c5-4-1-2-7(6-4)9-3-8/h1-3H. The Kier molecular flexibility index (Phi) is 1.84. The largest absolute Gasteiger partial charge is 0.323 e. The summed E-state index contributed by atoms with van der Waals surface area (Å²) in [6.07, 6.45) is 1.51. The van der Waals surface area contributed by atoms with Gasteiger partial charge < -0.3 is 4.84 Å². The van der Waals surface area contributed by atoms with Crippen LogP contribution in [-0.2, 0) is 4.79 Å². The second kappa shape index (κ2) is 2.63. The zero-order valence-electron chi connectivity index (χ0n) is 4.32. The molecule has 4 nitrogen and oxygen atoms in total. The molecule has 1 aromatic rings. The normalized spacial score (nSPS) is 9.00. The van der Waals surface area contributed by atoms with Crippen molar-refractivity contribution in [2.24, 2.45) is 0 Å². The van der Waals surface area contributed by atoms with E-state index in [1.807, 2.05) is 0 Å². The lowest BCUT2D eigenvalue weighted by Crippen LogP contribution is -2.08. The van der Waals surface area contributed by atoms with Gasteiger partial charge in [0.25, 0.3) is 0 Å². The highest BCUT2D eigenvalue weighted by molar-refractivity contribution is 9.10. The van der Waals surface area contributed by atoms with Gasteiger partial charge in [0.05, 0.1) is 6.20 Å². The molecule has 0 unspecified atom stereocenters. The highest BCUT2D eigenvalue weighted by Crippen LogP contribution is 2.01. The predicted molar refractivity (Wildman–Crippen MR) is 32.6 cm³/mol. The lowest BCUT2D eigenvalue weighted by molar-refractivity contribution is -0.130. The quantitative estimate of drug-likeness (QED) is 0.628. The summed E-state index contributed by atoms with van der Waals surface area (Å²) in [4.78, 5) is 15.1. The highest BCUT2D eigenvalue weighted by Gasteiger charge is 1.91. The zero-order valence-corrected chi connectivity index (χ0v) is 5.91. The number of rotatable bonds is 2. The first-order valence-corrected chi connectivity index (χ1v) is 2.94. The van der Waals surface area contributed by atoms with Crippen LogP contribution in [0.3, 0.4) is 0 Å². The average molecular weight is 191 g/mol. The topological polar surface area (TPSA) is 44.1 Å². The van der Waals surface area contributed by atoms with Crippen LogP contribution in [-0.4, -0.2) is 16.4 Å². The molecule has 0 aliphatic heterocycles. The molecule has 5 heteroatoms. The molecule has 1 aromatic heterocycles. The summed E-state index contributed by atoms with van der Waals surface area (Å²) in [7, 11) is 0. The third kappa shape index (κ3) is 1.53. The maximum Gasteiger partial charge on any atom is 0.323 e. The van der Waals surface area contributed by atoms with Crippen molar-refractivity contribution in [2.45, 2.75) is 0 Å². The maximum atomic E-state index is 9.69. The lowest BCUT2D eigenvalue weighted by Gasteiger charge is -1.90. The third-order valence-electron chi connectivity index (χ3n) is 0.685. The molecule has 0 saturated heterocycles. The van der Waals surface area contributed by atoms with Gasteiger partial charge in [-0.05, 0) is 22.0 Å². The summed E-state index contributed by atoms with van der Waals surface area (Å²) in [5.41, 5.74) is 0. The van der Waals surface area contributed by atoms with Crippen molar-refractivity contribution < 1.29 is 9.63 Å². The lowest BCUT2D eigenvalue weighted by atomic mass is 10.8. The molecule has 0 saturated carbocycles. The molecule has 0 aromatic carbocycles. The van der Waals surface area contributed by atoms with Gasteiger partial charge in [-0.2, -0.15) is 0 Å². The number of halogens is 1. The van der Waals surface area contributed by atoms with Gasteiger partial charge in [0.2, 0.25) is 0 Å². The summed E-state index contributed by atoms with van der Waals surface area (Å²) in [5, 5.41) is 3.68. The minimum atomic E-state index is 0.305. The van der Waals surface area contributed by atoms with Crippen molar-refractivity contribution in [3.63, 3.8) is 0 Å². The van der Waals surface area contributed by atoms with Crippen molar-refractivity contribution in [3.8, 4) is 0 Å². The van der Waals surface area contributed by atoms with E-state index in [-0.39, 0.29) is 0 Å². The van der Waals surface area contributed by atoms with Gasteiger partial charge in [-0.15, -0.1) is 5.10 Å². The molecule has 0 aliphatic carbocycles. The Balaban J connectivity index is 2.72. The van der Waals surface area contributed by atoms with Crippen LogP contribution in [0.25, 0.3) is 0 Å². The molecule has 0 N–H and O–H groups in total. The second-order valence-electron chi connectivity index (χ2n) is 1.24. The minimum absolute atomic E-state index is 0.305. The van der Waals surface area contributed by atoms with Crippen molar-refractivity contribution in [2.75, 3.05) is 0 Å². The van der Waals surface area contributed by atoms with E-state index in [9.17, 15) is 4.79 Å². The first kappa shape index (κ1) is 6.28. The van der Waals surface area contributed by atoms with E-state index in [1.54, 1.807) is 6.07 Å². The first-order chi connectivity index (χ1) is 4.33. The van der Waals surface area contributed by atoms with E-state index in [0.717, 1.165) is 4.85 Å². The summed E-state index contributed by atoms with van der Waals surface area (Å²) in [6, 6.07) is 1.66. The Morgan fingerprint density at radius 3 is 3.11 bits per heavy atom. The van der Waals surface area contributed by atoms with E-state index in [2.05, 4.69) is 25.9 Å². The van der Waals surface area contributed by atoms with Crippen LogP contribution >= 0.6 is 15.9 Å². The number of hydrogen-bond donors (Lipinski definition) is 0. The Morgan fingerprint density at radius 2 is 2.67 bits per heavy atom. The maximum absolute atomic E-state index is 9.69. The van der Waals surface area contributed by atoms with E-state index >= 15 is 0 Å². The summed E-state index contributed by atoms with van der Waals surface area (Å²) in [5.74, 6) is 0. The Hall–Kier alpha value is -0.840. The fourth-order valence-corrected chi connectivity index (χ4v) is 0.663. The Morgan fingerprint density at radius 1 is 1.89 bits per heavy atom. The molecule has 0 aliphatic rings. The van der Waals surface area contributed by atoms with Crippen LogP contribution in [0.15, 0.2) is 16.9 Å². The van der Waals surface area contributed by atoms with E-state index in [4.69, 9.17) is 0 Å². The average Bonchev–Trinajstić information content (AvgIpc) is 2.17. The van der Waals surface area contributed by atoms with Gasteiger partial charge >= 0.3 is 6.47 Å². The number of nitrogens with zero attached hydrogens (tertiary/aromatic N) is 2. The second-order valence-corrected chi connectivity index (χ2v) is 2.06. The van der Waals surface area contributed by atoms with Gasteiger partial charge in [0.1, 0.15) is 4.60 Å². The van der Waals surface area contributed by atoms with Gasteiger partial charge in [0.15, 0.2) is 0 Å². The van der Waals surface area contributed by atoms with Crippen molar-refractivity contribution in [1.82, 2.24) is 9.94 Å². The molecule has 9 heavy (non-hydrogen) atoms. The smallest absolute Gasteiger partial charge is 0.323 e. The number of aromatic nitrogens is 2. The van der Waals surface area contributed by atoms with Crippen LogP contribution in [0.1, 0.15) is 0 Å². The molecule has 0 amide bonds. The molecule has 0 radical (unpaired) electrons. The van der Waals surface area contributed by atoms with Crippen LogP contribution < -0.4 is 4.84 Å². The number of hydrogen-bond acceptors (Lipinski definition) is 3. The molecule has 0 atom stereocenters. The fraction of sp³-hybridized carbons (Fsp3) is 0. The highest BCUT2D eigenvalue weighted by atomic mass is 79.9. The van der Waals surface area contributed by atoms with Gasteiger partial charge in [-0.3, -0.25) is 4.79 Å². The van der Waals surface area contributed by atoms with Crippen molar-refractivity contribution >= 4 is 22.4 Å². The monoisotopic (exact) mass is 190 g/mol. The predicted octanol–water partition coefficient (Wildman–Crippen LogP) is 0.231. The van der Waals surface area contributed by atoms with Crippen LogP contribution in [0.4, 0.5) is 0 Å². The Labute approximate surface area is 59.5 Å². The van der Waals surface area contributed by atoms with Crippen LogP contribution in [0.5, 0.6) is 0 Å². The number of carbonyl (C=O) groups excluding carboxylic acids is 1. The summed E-state index contributed by atoms with van der Waals surface area (Å²) >= 11 is 3.07. The van der Waals surface area contributed by atoms with E-state index in [1.165, 1.54) is 6.20 Å². The summed E-state index contributed by atoms with van der Waals surface area (Å²) < 4.78 is 0.629. The molecule has 1 heterocycles. The number of carbonyl (C=O) groups is 1. The van der Waals surface area contributed by atoms with Gasteiger partial charge in [0, 0.05) is 0 Å². The molecular weight excluding hydrogens is 188 g/mol. The van der Waals surface area contributed by atoms with Crippen molar-refractivity contribution in [1.29, 1.82) is 0 Å². The first-order valence-electron chi connectivity index (χ1n) is 2.15. The van der Waals surface area contributed by atoms with Crippen LogP contribution in [0, 0.1) is 0 Å². The molecule has 0 spiro atoms. The molecule has 0 bridgehead atoms. The van der Waals surface area contributed by atoms with E-state index in [0.29, 0.717) is 11.1 Å². The van der Waals surface area contributed by atoms with Crippen molar-refractivity contribution in [3.05, 3.63) is 16.9 Å². The fourth-order valence-electron chi connectivity index (χ4n) is 0.389. The van der Waals surface area contributed by atoms with Gasteiger partial charge in [-0.1, -0.05) is 4.85 Å². The zero-order chi connectivity index (χ0) is 6.69. The molecule has 0 fully saturated rings. The van der Waals surface area contributed by atoms with Gasteiger partial charge in [-0.25, -0.2) is 0 Å². The molecular formula is C4H3BrN2O2. The molecule has 48 valence electrons. The molecule has 1 rings (SSSR count). The third-order valence-corrected chi connectivity index (χ3v) is 1.11. The Bertz CT molecular complexity index is 210. The van der Waals surface area contributed by atoms with Crippen LogP contribution in [0.2, 0.25) is 0 Å². The minimum Gasteiger partial charge on any atom is -0.323 e.